The second-order valence-corrected chi connectivity index (χ2v) is 2.60. The van der Waals surface area contributed by atoms with Crippen molar-refractivity contribution in [3.63, 3.8) is 0 Å². The molecule has 1 N–H and O–H groups in total. The molecule has 1 rings (SSSR count). The average molecular weight is 196 g/mol. The number of carboxylic acids is 1. The molecule has 74 valence electrons. The molecule has 0 aromatic heterocycles. The van der Waals surface area contributed by atoms with E-state index in [2.05, 4.69) is 0 Å². The van der Waals surface area contributed by atoms with Crippen molar-refractivity contribution < 1.29 is 19.0 Å². The molecule has 0 fully saturated rings. The van der Waals surface area contributed by atoms with Crippen LogP contribution in [-0.4, -0.2) is 18.2 Å². The Kier molecular flexibility index (Phi) is 3.23. The van der Waals surface area contributed by atoms with Crippen LogP contribution in [-0.2, 0) is 4.79 Å². The monoisotopic (exact) mass is 196 g/mol. The summed E-state index contributed by atoms with van der Waals surface area (Å²) in [6, 6.07) is 3.99. The van der Waals surface area contributed by atoms with Crippen LogP contribution in [0.3, 0.4) is 0 Å². The number of hydrogen-bond donors (Lipinski definition) is 1. The third-order valence-electron chi connectivity index (χ3n) is 1.55. The number of methoxy groups -OCH3 is 1. The second kappa shape index (κ2) is 4.41. The minimum absolute atomic E-state index is 0.357. The fraction of sp³-hybridized carbons (Fsp3) is 0.100. The fourth-order valence-electron chi connectivity index (χ4n) is 0.966. The highest BCUT2D eigenvalue weighted by Crippen LogP contribution is 2.16. The fourth-order valence-corrected chi connectivity index (χ4v) is 0.966. The number of hydrogen-bond acceptors (Lipinski definition) is 2. The molecular formula is C10H9FO3. The summed E-state index contributed by atoms with van der Waals surface area (Å²) in [5, 5.41) is 8.36. The van der Waals surface area contributed by atoms with Crippen molar-refractivity contribution in [3.05, 3.63) is 35.7 Å². The van der Waals surface area contributed by atoms with Gasteiger partial charge in [-0.15, -0.1) is 0 Å². The molecule has 0 saturated carbocycles. The van der Waals surface area contributed by atoms with E-state index in [1.807, 2.05) is 0 Å². The molecule has 1 aromatic carbocycles. The maximum Gasteiger partial charge on any atom is 0.328 e. The van der Waals surface area contributed by atoms with Crippen molar-refractivity contribution in [2.45, 2.75) is 0 Å². The molecule has 0 spiro atoms. The third-order valence-corrected chi connectivity index (χ3v) is 1.55. The van der Waals surface area contributed by atoms with Crippen LogP contribution in [0, 0.1) is 5.82 Å². The van der Waals surface area contributed by atoms with Gasteiger partial charge in [0, 0.05) is 12.1 Å². The molecule has 0 radical (unpaired) electrons. The molecule has 0 unspecified atom stereocenters. The Bertz CT molecular complexity index is 372. The molecule has 0 saturated heterocycles. The summed E-state index contributed by atoms with van der Waals surface area (Å²) in [5.74, 6) is -1.18. The lowest BCUT2D eigenvalue weighted by molar-refractivity contribution is -0.131. The first-order chi connectivity index (χ1) is 6.61. The number of halogens is 1. The van der Waals surface area contributed by atoms with Gasteiger partial charge in [0.1, 0.15) is 11.6 Å². The lowest BCUT2D eigenvalue weighted by Gasteiger charge is -2.00. The zero-order valence-corrected chi connectivity index (χ0v) is 7.53. The highest BCUT2D eigenvalue weighted by molar-refractivity contribution is 5.85. The summed E-state index contributed by atoms with van der Waals surface area (Å²) in [4.78, 5) is 10.2. The first-order valence-corrected chi connectivity index (χ1v) is 3.87. The molecule has 14 heavy (non-hydrogen) atoms. The number of aliphatic carboxylic acids is 1. The van der Waals surface area contributed by atoms with Gasteiger partial charge in [0.2, 0.25) is 0 Å². The maximum absolute atomic E-state index is 12.9. The highest BCUT2D eigenvalue weighted by Gasteiger charge is 1.98. The van der Waals surface area contributed by atoms with Gasteiger partial charge in [0.05, 0.1) is 7.11 Å². The Balaban J connectivity index is 2.97. The Morgan fingerprint density at radius 3 is 2.79 bits per heavy atom. The minimum Gasteiger partial charge on any atom is -0.497 e. The van der Waals surface area contributed by atoms with Gasteiger partial charge in [-0.3, -0.25) is 0 Å². The van der Waals surface area contributed by atoms with E-state index in [1.165, 1.54) is 25.3 Å². The molecule has 0 atom stereocenters. The number of ether oxygens (including phenoxy) is 1. The summed E-state index contributed by atoms with van der Waals surface area (Å²) >= 11 is 0. The molecule has 1 aromatic rings. The zero-order chi connectivity index (χ0) is 10.6. The predicted octanol–water partition coefficient (Wildman–Crippen LogP) is 1.93. The lowest BCUT2D eigenvalue weighted by atomic mass is 10.2. The van der Waals surface area contributed by atoms with Crippen LogP contribution in [0.2, 0.25) is 0 Å². The van der Waals surface area contributed by atoms with Gasteiger partial charge < -0.3 is 9.84 Å². The largest absolute Gasteiger partial charge is 0.497 e. The molecule has 0 bridgehead atoms. The van der Waals surface area contributed by atoms with Crippen LogP contribution >= 0.6 is 0 Å². The molecule has 4 heteroatoms. The first kappa shape index (κ1) is 10.2. The maximum atomic E-state index is 12.9. The Labute approximate surface area is 80.4 Å². The van der Waals surface area contributed by atoms with E-state index < -0.39 is 11.8 Å². The van der Waals surface area contributed by atoms with Gasteiger partial charge in [-0.1, -0.05) is 0 Å². The highest BCUT2D eigenvalue weighted by atomic mass is 19.1. The minimum atomic E-state index is -1.08. The molecule has 0 aliphatic rings. The Hall–Kier alpha value is -1.84. The number of carbonyl (C=O) groups is 1. The number of benzene rings is 1. The smallest absolute Gasteiger partial charge is 0.328 e. The van der Waals surface area contributed by atoms with E-state index in [0.29, 0.717) is 11.3 Å². The summed E-state index contributed by atoms with van der Waals surface area (Å²) in [5.41, 5.74) is 0.448. The molecule has 0 aliphatic heterocycles. The third kappa shape index (κ3) is 2.90. The van der Waals surface area contributed by atoms with Crippen molar-refractivity contribution in [1.82, 2.24) is 0 Å². The quantitative estimate of drug-likeness (QED) is 0.751. The van der Waals surface area contributed by atoms with E-state index in [-0.39, 0.29) is 0 Å². The summed E-state index contributed by atoms with van der Waals surface area (Å²) in [7, 11) is 1.42. The van der Waals surface area contributed by atoms with Gasteiger partial charge in [0.15, 0.2) is 0 Å². The Morgan fingerprint density at radius 2 is 2.21 bits per heavy atom. The van der Waals surface area contributed by atoms with Crippen molar-refractivity contribution in [1.29, 1.82) is 0 Å². The van der Waals surface area contributed by atoms with Gasteiger partial charge in [0.25, 0.3) is 0 Å². The Morgan fingerprint density at radius 1 is 1.50 bits per heavy atom. The number of carboxylic acid groups (broad SMARTS) is 1. The van der Waals surface area contributed by atoms with Crippen LogP contribution in [0.1, 0.15) is 5.56 Å². The van der Waals surface area contributed by atoms with Crippen molar-refractivity contribution >= 4 is 12.0 Å². The van der Waals surface area contributed by atoms with E-state index in [4.69, 9.17) is 9.84 Å². The van der Waals surface area contributed by atoms with Gasteiger partial charge in [-0.2, -0.15) is 0 Å². The van der Waals surface area contributed by atoms with Crippen molar-refractivity contribution in [2.24, 2.45) is 0 Å². The van der Waals surface area contributed by atoms with E-state index >= 15 is 0 Å². The summed E-state index contributed by atoms with van der Waals surface area (Å²) in [6.45, 7) is 0. The van der Waals surface area contributed by atoms with E-state index in [0.717, 1.165) is 6.08 Å². The molecule has 3 nitrogen and oxygen atoms in total. The summed E-state index contributed by atoms with van der Waals surface area (Å²) < 4.78 is 17.7. The normalized spacial score (nSPS) is 10.4. The topological polar surface area (TPSA) is 46.5 Å². The van der Waals surface area contributed by atoms with Crippen LogP contribution in [0.15, 0.2) is 24.3 Å². The van der Waals surface area contributed by atoms with E-state index in [1.54, 1.807) is 6.07 Å². The van der Waals surface area contributed by atoms with Crippen molar-refractivity contribution in [2.75, 3.05) is 7.11 Å². The molecular weight excluding hydrogens is 187 g/mol. The van der Waals surface area contributed by atoms with Gasteiger partial charge >= 0.3 is 5.97 Å². The first-order valence-electron chi connectivity index (χ1n) is 3.87. The number of rotatable bonds is 3. The van der Waals surface area contributed by atoms with Crippen LogP contribution < -0.4 is 4.74 Å². The van der Waals surface area contributed by atoms with Crippen molar-refractivity contribution in [3.8, 4) is 5.75 Å². The summed E-state index contributed by atoms with van der Waals surface area (Å²) in [6.07, 6.45) is 2.24. The molecule has 0 amide bonds. The second-order valence-electron chi connectivity index (χ2n) is 2.60. The lowest BCUT2D eigenvalue weighted by Crippen LogP contribution is -1.88. The van der Waals surface area contributed by atoms with Gasteiger partial charge in [-0.05, 0) is 23.8 Å². The van der Waals surface area contributed by atoms with E-state index in [9.17, 15) is 9.18 Å². The van der Waals surface area contributed by atoms with Crippen LogP contribution in [0.25, 0.3) is 6.08 Å². The predicted molar refractivity (Wildman–Crippen MR) is 49.6 cm³/mol. The molecule has 0 heterocycles. The zero-order valence-electron chi connectivity index (χ0n) is 7.53. The average Bonchev–Trinajstić information content (AvgIpc) is 2.14. The van der Waals surface area contributed by atoms with Crippen LogP contribution in [0.4, 0.5) is 4.39 Å². The van der Waals surface area contributed by atoms with Crippen LogP contribution in [0.5, 0.6) is 5.75 Å². The standard InChI is InChI=1S/C10H9FO3/c1-14-9-5-7(2-3-10(12)13)4-8(11)6-9/h2-6H,1H3,(H,12,13)/b3-2+. The molecule has 0 aliphatic carbocycles. The SMILES string of the molecule is COc1cc(F)cc(/C=C/C(=O)O)c1. The van der Waals surface area contributed by atoms with Gasteiger partial charge in [-0.25, -0.2) is 9.18 Å².